The van der Waals surface area contributed by atoms with Crippen molar-refractivity contribution in [1.82, 2.24) is 0 Å². The number of carbonyl (C=O) groups excluding carboxylic acids is 1. The molecule has 1 saturated carbocycles. The maximum absolute atomic E-state index is 12.4. The first-order valence-corrected chi connectivity index (χ1v) is 7.65. The molecule has 1 fully saturated rings. The van der Waals surface area contributed by atoms with Crippen LogP contribution in [0.25, 0.3) is 0 Å². The highest BCUT2D eigenvalue weighted by atomic mass is 35.5. The van der Waals surface area contributed by atoms with Crippen molar-refractivity contribution in [3.63, 3.8) is 0 Å². The highest BCUT2D eigenvalue weighted by molar-refractivity contribution is 6.53. The minimum absolute atomic E-state index is 0.130. The summed E-state index contributed by atoms with van der Waals surface area (Å²) in [7, 11) is 0. The molecule has 23 heavy (non-hydrogen) atoms. The van der Waals surface area contributed by atoms with Crippen molar-refractivity contribution < 1.29 is 9.72 Å². The van der Waals surface area contributed by atoms with Gasteiger partial charge in [-0.25, -0.2) is 0 Å². The number of carbonyl (C=O) groups is 1. The van der Waals surface area contributed by atoms with Gasteiger partial charge in [0.1, 0.15) is 10.0 Å². The summed E-state index contributed by atoms with van der Waals surface area (Å²) in [5.41, 5.74) is 0.818. The average molecular weight is 351 g/mol. The zero-order chi connectivity index (χ0) is 16.6. The maximum atomic E-state index is 12.4. The van der Waals surface area contributed by atoms with Gasteiger partial charge in [-0.3, -0.25) is 14.9 Å². The number of amides is 1. The number of nitro groups is 1. The number of nitrogens with zero attached hydrogens (tertiary/aromatic N) is 1. The van der Waals surface area contributed by atoms with E-state index in [1.807, 2.05) is 30.3 Å². The van der Waals surface area contributed by atoms with E-state index in [4.69, 9.17) is 23.2 Å². The highest BCUT2D eigenvalue weighted by Crippen LogP contribution is 2.65. The lowest BCUT2D eigenvalue weighted by atomic mass is 10.1. The molecule has 2 aromatic carbocycles. The van der Waals surface area contributed by atoms with Gasteiger partial charge in [0.25, 0.3) is 5.69 Å². The minimum atomic E-state index is -1.21. The lowest BCUT2D eigenvalue weighted by Crippen LogP contribution is -2.17. The molecule has 118 valence electrons. The lowest BCUT2D eigenvalue weighted by Gasteiger charge is -2.05. The largest absolute Gasteiger partial charge is 0.320 e. The van der Waals surface area contributed by atoms with E-state index in [1.165, 1.54) is 18.2 Å². The van der Waals surface area contributed by atoms with Crippen molar-refractivity contribution in [3.05, 3.63) is 70.3 Å². The van der Waals surface area contributed by atoms with E-state index in [-0.39, 0.29) is 17.3 Å². The molecule has 5 nitrogen and oxygen atoms in total. The first-order chi connectivity index (χ1) is 10.9. The van der Waals surface area contributed by atoms with E-state index < -0.39 is 21.1 Å². The first-order valence-electron chi connectivity index (χ1n) is 6.90. The Kier molecular flexibility index (Phi) is 4.00. The van der Waals surface area contributed by atoms with Crippen LogP contribution in [0.3, 0.4) is 0 Å². The Bertz CT molecular complexity index is 765. The van der Waals surface area contributed by atoms with E-state index in [2.05, 4.69) is 5.32 Å². The fourth-order valence-electron chi connectivity index (χ4n) is 2.68. The third kappa shape index (κ3) is 2.90. The molecule has 0 heterocycles. The van der Waals surface area contributed by atoms with E-state index in [0.717, 1.165) is 5.56 Å². The summed E-state index contributed by atoms with van der Waals surface area (Å²) in [6.07, 6.45) is 0. The molecule has 0 aliphatic heterocycles. The van der Waals surface area contributed by atoms with E-state index >= 15 is 0 Å². The van der Waals surface area contributed by atoms with E-state index in [1.54, 1.807) is 6.07 Å². The topological polar surface area (TPSA) is 72.2 Å². The predicted molar refractivity (Wildman–Crippen MR) is 88.8 cm³/mol. The van der Waals surface area contributed by atoms with Crippen LogP contribution in [0.2, 0.25) is 0 Å². The minimum Gasteiger partial charge on any atom is -0.320 e. The molecular formula is C16H12Cl2N2O3. The smallest absolute Gasteiger partial charge is 0.292 e. The standard InChI is InChI=1S/C16H12Cl2N2O3/c17-16(18)13(10-6-2-1-3-7-10)14(16)15(21)19-11-8-4-5-9-12(11)20(22)23/h1-9,13-14H,(H,19,21)/t13-,14+/m0/s1. The molecule has 0 saturated heterocycles. The fourth-order valence-corrected chi connectivity index (χ4v) is 3.51. The number of nitrogens with one attached hydrogen (secondary N) is 1. The number of rotatable bonds is 4. The van der Waals surface area contributed by atoms with Crippen LogP contribution in [0.4, 0.5) is 11.4 Å². The molecule has 1 aliphatic carbocycles. The summed E-state index contributed by atoms with van der Waals surface area (Å²) in [5.74, 6) is -1.43. The van der Waals surface area contributed by atoms with E-state index in [9.17, 15) is 14.9 Å². The highest BCUT2D eigenvalue weighted by Gasteiger charge is 2.67. The second kappa shape index (κ2) is 5.83. The Labute approximate surface area is 142 Å². The summed E-state index contributed by atoms with van der Waals surface area (Å²) in [4.78, 5) is 22.9. The number of para-hydroxylation sites is 2. The van der Waals surface area contributed by atoms with E-state index in [0.29, 0.717) is 0 Å². The normalized spacial score (nSPS) is 21.5. The molecule has 0 bridgehead atoms. The molecule has 0 unspecified atom stereocenters. The van der Waals surface area contributed by atoms with Gasteiger partial charge in [0.05, 0.1) is 10.8 Å². The number of benzene rings is 2. The molecule has 1 N–H and O–H groups in total. The van der Waals surface area contributed by atoms with Crippen LogP contribution in [-0.2, 0) is 4.79 Å². The molecule has 1 amide bonds. The third-order valence-electron chi connectivity index (χ3n) is 3.85. The predicted octanol–water partition coefficient (Wildman–Crippen LogP) is 4.12. The van der Waals surface area contributed by atoms with Crippen molar-refractivity contribution in [2.24, 2.45) is 5.92 Å². The fraction of sp³-hybridized carbons (Fsp3) is 0.188. The first kappa shape index (κ1) is 15.8. The number of alkyl halides is 2. The molecule has 7 heteroatoms. The summed E-state index contributed by atoms with van der Waals surface area (Å²) in [6.45, 7) is 0. The quantitative estimate of drug-likeness (QED) is 0.512. The van der Waals surface area contributed by atoms with Crippen LogP contribution in [-0.4, -0.2) is 15.2 Å². The number of halogens is 2. The van der Waals surface area contributed by atoms with Crippen molar-refractivity contribution in [2.75, 3.05) is 5.32 Å². The molecule has 1 aliphatic rings. The molecular weight excluding hydrogens is 339 g/mol. The Morgan fingerprint density at radius 2 is 1.70 bits per heavy atom. The van der Waals surface area contributed by atoms with Crippen molar-refractivity contribution >= 4 is 40.5 Å². The molecule has 2 atom stereocenters. The van der Waals surface area contributed by atoms with Crippen LogP contribution >= 0.6 is 23.2 Å². The Balaban J connectivity index is 1.81. The summed E-state index contributed by atoms with van der Waals surface area (Å²) in [6, 6.07) is 15.2. The molecule has 3 rings (SSSR count). The van der Waals surface area contributed by atoms with Crippen LogP contribution < -0.4 is 5.32 Å². The van der Waals surface area contributed by atoms with Gasteiger partial charge < -0.3 is 5.32 Å². The van der Waals surface area contributed by atoms with Crippen LogP contribution in [0.15, 0.2) is 54.6 Å². The molecule has 0 radical (unpaired) electrons. The van der Waals surface area contributed by atoms with Gasteiger partial charge >= 0.3 is 0 Å². The Morgan fingerprint density at radius 3 is 2.35 bits per heavy atom. The SMILES string of the molecule is O=C(Nc1ccccc1[N+](=O)[O-])[C@H]1[C@H](c2ccccc2)C1(Cl)Cl. The van der Waals surface area contributed by atoms with Gasteiger partial charge in [0, 0.05) is 12.0 Å². The Hall–Kier alpha value is -2.11. The maximum Gasteiger partial charge on any atom is 0.292 e. The van der Waals surface area contributed by atoms with Gasteiger partial charge in [-0.05, 0) is 11.6 Å². The van der Waals surface area contributed by atoms with Gasteiger partial charge in [0.15, 0.2) is 0 Å². The van der Waals surface area contributed by atoms with Gasteiger partial charge in [-0.1, -0.05) is 42.5 Å². The second-order valence-electron chi connectivity index (χ2n) is 5.30. The number of hydrogen-bond acceptors (Lipinski definition) is 3. The van der Waals surface area contributed by atoms with Gasteiger partial charge in [0.2, 0.25) is 5.91 Å². The summed E-state index contributed by atoms with van der Waals surface area (Å²) >= 11 is 12.5. The second-order valence-corrected chi connectivity index (χ2v) is 6.75. The molecule has 0 aromatic heterocycles. The zero-order valence-electron chi connectivity index (χ0n) is 11.8. The van der Waals surface area contributed by atoms with Crippen molar-refractivity contribution in [3.8, 4) is 0 Å². The average Bonchev–Trinajstić information content (AvgIpc) is 3.11. The zero-order valence-corrected chi connectivity index (χ0v) is 13.3. The van der Waals surface area contributed by atoms with Gasteiger partial charge in [-0.15, -0.1) is 23.2 Å². The monoisotopic (exact) mass is 350 g/mol. The number of nitro benzene ring substituents is 1. The van der Waals surface area contributed by atoms with Crippen LogP contribution in [0.5, 0.6) is 0 Å². The summed E-state index contributed by atoms with van der Waals surface area (Å²) in [5, 5.41) is 13.6. The van der Waals surface area contributed by atoms with Crippen LogP contribution in [0.1, 0.15) is 11.5 Å². The molecule has 0 spiro atoms. The lowest BCUT2D eigenvalue weighted by molar-refractivity contribution is -0.383. The molecule has 2 aromatic rings. The number of hydrogen-bond donors (Lipinski definition) is 1. The third-order valence-corrected chi connectivity index (χ3v) is 4.79. The van der Waals surface area contributed by atoms with Crippen molar-refractivity contribution in [2.45, 2.75) is 10.3 Å². The van der Waals surface area contributed by atoms with Gasteiger partial charge in [-0.2, -0.15) is 0 Å². The summed E-state index contributed by atoms with van der Waals surface area (Å²) < 4.78 is -1.21. The number of anilines is 1. The van der Waals surface area contributed by atoms with Crippen molar-refractivity contribution in [1.29, 1.82) is 0 Å². The Morgan fingerprint density at radius 1 is 1.09 bits per heavy atom. The van der Waals surface area contributed by atoms with Crippen LogP contribution in [0, 0.1) is 16.0 Å².